The Hall–Kier alpha value is -1.55. The minimum absolute atomic E-state index is 0.0773. The Bertz CT molecular complexity index is 403. The average Bonchev–Trinajstić information content (AvgIpc) is 2.70. The Morgan fingerprint density at radius 1 is 1.39 bits per heavy atom. The zero-order valence-electron chi connectivity index (χ0n) is 10.9. The number of carbonyl (C=O) groups excluding carboxylic acids is 1. The van der Waals surface area contributed by atoms with E-state index in [1.165, 1.54) is 0 Å². The molecule has 98 valence electrons. The number of ether oxygens (including phenoxy) is 2. The molecule has 0 aromatic heterocycles. The molecule has 1 heterocycles. The van der Waals surface area contributed by atoms with Gasteiger partial charge in [0.2, 0.25) is 5.91 Å². The number of hydrogen-bond donors (Lipinski definition) is 0. The molecular formula is C14H19NO3. The second kappa shape index (κ2) is 5.40. The summed E-state index contributed by atoms with van der Waals surface area (Å²) < 4.78 is 10.8. The van der Waals surface area contributed by atoms with Crippen LogP contribution in [0.15, 0.2) is 30.3 Å². The van der Waals surface area contributed by atoms with Gasteiger partial charge in [-0.2, -0.15) is 0 Å². The van der Waals surface area contributed by atoms with E-state index in [2.05, 4.69) is 0 Å². The summed E-state index contributed by atoms with van der Waals surface area (Å²) in [5.41, 5.74) is -0.205. The first-order chi connectivity index (χ1) is 8.59. The summed E-state index contributed by atoms with van der Waals surface area (Å²) in [6.07, 6.45) is 0.377. The molecule has 4 nitrogen and oxygen atoms in total. The summed E-state index contributed by atoms with van der Waals surface area (Å²) in [5, 5.41) is 0. The molecule has 1 fully saturated rings. The van der Waals surface area contributed by atoms with Gasteiger partial charge in [-0.05, 0) is 26.0 Å². The maximum atomic E-state index is 12.0. The monoisotopic (exact) mass is 249 g/mol. The van der Waals surface area contributed by atoms with Gasteiger partial charge in [-0.15, -0.1) is 0 Å². The first-order valence-corrected chi connectivity index (χ1v) is 6.16. The Balaban J connectivity index is 1.79. The summed E-state index contributed by atoms with van der Waals surface area (Å²) in [6.45, 7) is 5.40. The third-order valence-electron chi connectivity index (χ3n) is 3.04. The molecule has 0 unspecified atom stereocenters. The Morgan fingerprint density at radius 3 is 2.72 bits per heavy atom. The van der Waals surface area contributed by atoms with E-state index in [-0.39, 0.29) is 11.4 Å². The van der Waals surface area contributed by atoms with Crippen molar-refractivity contribution >= 4 is 5.91 Å². The van der Waals surface area contributed by atoms with E-state index in [1.54, 1.807) is 4.90 Å². The third-order valence-corrected chi connectivity index (χ3v) is 3.04. The fourth-order valence-electron chi connectivity index (χ4n) is 1.96. The van der Waals surface area contributed by atoms with E-state index in [9.17, 15) is 4.79 Å². The summed E-state index contributed by atoms with van der Waals surface area (Å²) in [7, 11) is 0. The van der Waals surface area contributed by atoms with Gasteiger partial charge in [-0.3, -0.25) is 4.79 Å². The minimum Gasteiger partial charge on any atom is -0.493 e. The number of hydrogen-bond acceptors (Lipinski definition) is 3. The molecule has 0 radical (unpaired) electrons. The van der Waals surface area contributed by atoms with Crippen LogP contribution in [0.2, 0.25) is 0 Å². The van der Waals surface area contributed by atoms with Crippen molar-refractivity contribution in [3.63, 3.8) is 0 Å². The van der Waals surface area contributed by atoms with Gasteiger partial charge in [-0.25, -0.2) is 0 Å². The molecular weight excluding hydrogens is 230 g/mol. The van der Waals surface area contributed by atoms with Gasteiger partial charge in [0.1, 0.15) is 12.5 Å². The van der Waals surface area contributed by atoms with Gasteiger partial charge in [-0.1, -0.05) is 18.2 Å². The fourth-order valence-corrected chi connectivity index (χ4v) is 1.96. The molecule has 2 rings (SSSR count). The second-order valence-electron chi connectivity index (χ2n) is 5.02. The van der Waals surface area contributed by atoms with Crippen LogP contribution in [0, 0.1) is 0 Å². The van der Waals surface area contributed by atoms with Gasteiger partial charge in [0.25, 0.3) is 0 Å². The molecule has 0 atom stereocenters. The van der Waals surface area contributed by atoms with Crippen LogP contribution in [0.5, 0.6) is 5.75 Å². The molecule has 1 aliphatic rings. The smallest absolute Gasteiger partial charge is 0.228 e. The molecule has 0 bridgehead atoms. The highest BCUT2D eigenvalue weighted by Crippen LogP contribution is 2.22. The Morgan fingerprint density at radius 2 is 2.11 bits per heavy atom. The molecule has 0 saturated carbocycles. The van der Waals surface area contributed by atoms with Crippen LogP contribution in [0.25, 0.3) is 0 Å². The molecule has 4 heteroatoms. The van der Waals surface area contributed by atoms with Gasteiger partial charge >= 0.3 is 0 Å². The molecule has 1 aromatic carbocycles. The molecule has 0 N–H and O–H groups in total. The van der Waals surface area contributed by atoms with Crippen molar-refractivity contribution in [3.8, 4) is 5.75 Å². The summed E-state index contributed by atoms with van der Waals surface area (Å²) >= 11 is 0. The first-order valence-electron chi connectivity index (χ1n) is 6.16. The SMILES string of the molecule is CC1(C)COCN1C(=O)CCOc1ccccc1. The van der Waals surface area contributed by atoms with Crippen molar-refractivity contribution in [2.45, 2.75) is 25.8 Å². The van der Waals surface area contributed by atoms with Crippen molar-refractivity contribution in [2.75, 3.05) is 19.9 Å². The number of carbonyl (C=O) groups is 1. The number of rotatable bonds is 4. The van der Waals surface area contributed by atoms with Crippen LogP contribution in [0.4, 0.5) is 0 Å². The highest BCUT2D eigenvalue weighted by atomic mass is 16.5. The van der Waals surface area contributed by atoms with E-state index >= 15 is 0 Å². The second-order valence-corrected chi connectivity index (χ2v) is 5.02. The highest BCUT2D eigenvalue weighted by Gasteiger charge is 2.35. The topological polar surface area (TPSA) is 38.8 Å². The number of nitrogens with zero attached hydrogens (tertiary/aromatic N) is 1. The van der Waals surface area contributed by atoms with Gasteiger partial charge in [0.05, 0.1) is 25.2 Å². The molecule has 0 aliphatic carbocycles. The quantitative estimate of drug-likeness (QED) is 0.819. The maximum Gasteiger partial charge on any atom is 0.228 e. The average molecular weight is 249 g/mol. The largest absolute Gasteiger partial charge is 0.493 e. The van der Waals surface area contributed by atoms with E-state index in [4.69, 9.17) is 9.47 Å². The lowest BCUT2D eigenvalue weighted by atomic mass is 10.1. The van der Waals surface area contributed by atoms with Gasteiger partial charge < -0.3 is 14.4 Å². The molecule has 0 spiro atoms. The van der Waals surface area contributed by atoms with Crippen molar-refractivity contribution in [1.29, 1.82) is 0 Å². The van der Waals surface area contributed by atoms with Crippen LogP contribution in [0.3, 0.4) is 0 Å². The zero-order valence-corrected chi connectivity index (χ0v) is 10.9. The summed E-state index contributed by atoms with van der Waals surface area (Å²) in [5.74, 6) is 0.871. The van der Waals surface area contributed by atoms with Crippen LogP contribution >= 0.6 is 0 Å². The van der Waals surface area contributed by atoms with Gasteiger partial charge in [0, 0.05) is 0 Å². The summed E-state index contributed by atoms with van der Waals surface area (Å²) in [6, 6.07) is 9.52. The third kappa shape index (κ3) is 3.01. The number of amides is 1. The molecule has 1 aromatic rings. The van der Waals surface area contributed by atoms with Crippen molar-refractivity contribution in [3.05, 3.63) is 30.3 Å². The number of benzene rings is 1. The minimum atomic E-state index is -0.205. The lowest BCUT2D eigenvalue weighted by molar-refractivity contribution is -0.135. The predicted octanol–water partition coefficient (Wildman–Crippen LogP) is 2.05. The first kappa shape index (κ1) is 12.9. The molecule has 1 aliphatic heterocycles. The van der Waals surface area contributed by atoms with Crippen LogP contribution in [0.1, 0.15) is 20.3 Å². The Labute approximate surface area is 107 Å². The molecule has 18 heavy (non-hydrogen) atoms. The van der Waals surface area contributed by atoms with Crippen LogP contribution in [-0.2, 0) is 9.53 Å². The van der Waals surface area contributed by atoms with E-state index < -0.39 is 0 Å². The normalized spacial score (nSPS) is 17.8. The summed E-state index contributed by atoms with van der Waals surface area (Å²) in [4.78, 5) is 13.8. The fraction of sp³-hybridized carbons (Fsp3) is 0.500. The molecule has 1 amide bonds. The van der Waals surface area contributed by atoms with Crippen molar-refractivity contribution in [2.24, 2.45) is 0 Å². The maximum absolute atomic E-state index is 12.0. The van der Waals surface area contributed by atoms with E-state index in [0.717, 1.165) is 5.75 Å². The Kier molecular flexibility index (Phi) is 3.87. The van der Waals surface area contributed by atoms with Crippen molar-refractivity contribution < 1.29 is 14.3 Å². The zero-order chi connectivity index (χ0) is 13.0. The van der Waals surface area contributed by atoms with E-state index in [1.807, 2.05) is 44.2 Å². The van der Waals surface area contributed by atoms with Gasteiger partial charge in [0.15, 0.2) is 0 Å². The van der Waals surface area contributed by atoms with Crippen molar-refractivity contribution in [1.82, 2.24) is 4.90 Å². The molecule has 1 saturated heterocycles. The van der Waals surface area contributed by atoms with E-state index in [0.29, 0.717) is 26.4 Å². The standard InChI is InChI=1S/C14H19NO3/c1-14(2)10-17-11-15(14)13(16)8-9-18-12-6-4-3-5-7-12/h3-7H,8-11H2,1-2H3. The lowest BCUT2D eigenvalue weighted by Crippen LogP contribution is -2.44. The number of para-hydroxylation sites is 1. The van der Waals surface area contributed by atoms with Crippen LogP contribution in [-0.4, -0.2) is 36.3 Å². The predicted molar refractivity (Wildman–Crippen MR) is 68.3 cm³/mol. The van der Waals surface area contributed by atoms with Crippen LogP contribution < -0.4 is 4.74 Å². The highest BCUT2D eigenvalue weighted by molar-refractivity contribution is 5.77. The lowest BCUT2D eigenvalue weighted by Gasteiger charge is -2.29.